The summed E-state index contributed by atoms with van der Waals surface area (Å²) < 4.78 is 38.5. The first-order chi connectivity index (χ1) is 10.3. The van der Waals surface area contributed by atoms with Crippen molar-refractivity contribution in [3.05, 3.63) is 29.8 Å². The van der Waals surface area contributed by atoms with E-state index in [4.69, 9.17) is 0 Å². The van der Waals surface area contributed by atoms with Crippen molar-refractivity contribution in [1.29, 1.82) is 0 Å². The Hall–Kier alpha value is -1.71. The molecule has 1 fully saturated rings. The van der Waals surface area contributed by atoms with Gasteiger partial charge in [-0.1, -0.05) is 18.1 Å². The quantitative estimate of drug-likeness (QED) is 0.822. The summed E-state index contributed by atoms with van der Waals surface area (Å²) in [7, 11) is 0. The van der Waals surface area contributed by atoms with E-state index in [1.165, 1.54) is 12.1 Å². The van der Waals surface area contributed by atoms with Crippen LogP contribution in [-0.4, -0.2) is 37.0 Å². The normalized spacial score (nSPS) is 21.7. The summed E-state index contributed by atoms with van der Waals surface area (Å²) in [5.74, 6) is 5.96. The molecule has 0 aliphatic carbocycles. The molecule has 1 heterocycles. The van der Waals surface area contributed by atoms with Crippen LogP contribution >= 0.6 is 0 Å². The molecular formula is C16H19F3N2O. The van der Waals surface area contributed by atoms with E-state index in [0.29, 0.717) is 6.54 Å². The van der Waals surface area contributed by atoms with Crippen LogP contribution < -0.4 is 10.2 Å². The molecule has 1 aliphatic rings. The van der Waals surface area contributed by atoms with E-state index in [2.05, 4.69) is 22.1 Å². The molecule has 0 bridgehead atoms. The second kappa shape index (κ2) is 6.19. The van der Waals surface area contributed by atoms with E-state index in [9.17, 15) is 18.3 Å². The van der Waals surface area contributed by atoms with Crippen molar-refractivity contribution in [2.45, 2.75) is 31.7 Å². The predicted octanol–water partition coefficient (Wildman–Crippen LogP) is 2.26. The van der Waals surface area contributed by atoms with Crippen LogP contribution in [0.25, 0.3) is 0 Å². The van der Waals surface area contributed by atoms with Gasteiger partial charge in [-0.25, -0.2) is 0 Å². The lowest BCUT2D eigenvalue weighted by Gasteiger charge is -2.35. The molecule has 1 aliphatic heterocycles. The largest absolute Gasteiger partial charge is 0.421 e. The lowest BCUT2D eigenvalue weighted by Crippen LogP contribution is -2.50. The number of halogens is 3. The molecule has 0 radical (unpaired) electrons. The van der Waals surface area contributed by atoms with Crippen LogP contribution in [0.1, 0.15) is 19.4 Å². The lowest BCUT2D eigenvalue weighted by molar-refractivity contribution is -0.258. The summed E-state index contributed by atoms with van der Waals surface area (Å²) in [5, 5.41) is 12.9. The third-order valence-corrected chi connectivity index (χ3v) is 3.87. The van der Waals surface area contributed by atoms with Crippen molar-refractivity contribution in [2.24, 2.45) is 0 Å². The van der Waals surface area contributed by atoms with Crippen molar-refractivity contribution in [2.75, 3.05) is 24.5 Å². The van der Waals surface area contributed by atoms with E-state index in [1.54, 1.807) is 19.1 Å². The van der Waals surface area contributed by atoms with Crippen molar-refractivity contribution >= 4 is 5.69 Å². The Labute approximate surface area is 128 Å². The molecule has 2 atom stereocenters. The Bertz CT molecular complexity index is 570. The van der Waals surface area contributed by atoms with Gasteiger partial charge >= 0.3 is 6.18 Å². The standard InChI is InChI=1S/C16H19F3N2O/c1-3-4-14-11-20-9-10-21(14)13-7-5-12(6-8-13)15(2,22)16(17,18)19/h5-8,14,20,22H,9-11H2,1-2H3. The van der Waals surface area contributed by atoms with Gasteiger partial charge in [-0.3, -0.25) is 0 Å². The first-order valence-corrected chi connectivity index (χ1v) is 7.06. The highest BCUT2D eigenvalue weighted by molar-refractivity contribution is 5.52. The van der Waals surface area contributed by atoms with Crippen LogP contribution in [0, 0.1) is 11.8 Å². The zero-order chi connectivity index (χ0) is 16.4. The Kier molecular flexibility index (Phi) is 4.69. The Balaban J connectivity index is 2.26. The van der Waals surface area contributed by atoms with Crippen LogP contribution in [0.3, 0.4) is 0 Å². The molecule has 6 heteroatoms. The third kappa shape index (κ3) is 3.21. The van der Waals surface area contributed by atoms with Crippen molar-refractivity contribution in [3.8, 4) is 11.8 Å². The maximum Gasteiger partial charge on any atom is 0.421 e. The number of aliphatic hydroxyl groups is 1. The average molecular weight is 312 g/mol. The fraction of sp³-hybridized carbons (Fsp3) is 0.500. The van der Waals surface area contributed by atoms with Crippen molar-refractivity contribution in [1.82, 2.24) is 5.32 Å². The first-order valence-electron chi connectivity index (χ1n) is 7.06. The lowest BCUT2D eigenvalue weighted by atomic mass is 9.95. The zero-order valence-electron chi connectivity index (χ0n) is 12.5. The molecule has 22 heavy (non-hydrogen) atoms. The Morgan fingerprint density at radius 1 is 1.27 bits per heavy atom. The number of rotatable bonds is 2. The summed E-state index contributed by atoms with van der Waals surface area (Å²) in [5.41, 5.74) is -2.22. The number of hydrogen-bond donors (Lipinski definition) is 2. The maximum absolute atomic E-state index is 12.8. The monoisotopic (exact) mass is 312 g/mol. The van der Waals surface area contributed by atoms with E-state index < -0.39 is 11.8 Å². The van der Waals surface area contributed by atoms with Crippen LogP contribution in [0.15, 0.2) is 24.3 Å². The van der Waals surface area contributed by atoms with E-state index in [-0.39, 0.29) is 11.6 Å². The molecule has 2 unspecified atom stereocenters. The molecular weight excluding hydrogens is 293 g/mol. The fourth-order valence-electron chi connectivity index (χ4n) is 2.45. The van der Waals surface area contributed by atoms with Gasteiger partial charge in [0.05, 0.1) is 0 Å². The van der Waals surface area contributed by atoms with E-state index in [0.717, 1.165) is 25.7 Å². The predicted molar refractivity (Wildman–Crippen MR) is 79.5 cm³/mol. The molecule has 0 saturated carbocycles. The second-order valence-corrected chi connectivity index (χ2v) is 5.42. The van der Waals surface area contributed by atoms with Gasteiger partial charge in [0.15, 0.2) is 5.60 Å². The third-order valence-electron chi connectivity index (χ3n) is 3.87. The molecule has 120 valence electrons. The highest BCUT2D eigenvalue weighted by Crippen LogP contribution is 2.38. The number of nitrogens with zero attached hydrogens (tertiary/aromatic N) is 1. The van der Waals surface area contributed by atoms with Gasteiger partial charge in [-0.05, 0) is 31.5 Å². The highest BCUT2D eigenvalue weighted by atomic mass is 19.4. The number of anilines is 1. The van der Waals surface area contributed by atoms with Crippen LogP contribution in [0.4, 0.5) is 18.9 Å². The van der Waals surface area contributed by atoms with E-state index in [1.807, 2.05) is 0 Å². The molecule has 2 N–H and O–H groups in total. The summed E-state index contributed by atoms with van der Waals surface area (Å²) >= 11 is 0. The Morgan fingerprint density at radius 3 is 2.45 bits per heavy atom. The number of hydrogen-bond acceptors (Lipinski definition) is 3. The van der Waals surface area contributed by atoms with E-state index >= 15 is 0 Å². The number of nitrogens with one attached hydrogen (secondary N) is 1. The minimum Gasteiger partial charge on any atom is -0.376 e. The first kappa shape index (κ1) is 16.7. The summed E-state index contributed by atoms with van der Waals surface area (Å²) in [6.07, 6.45) is -4.71. The van der Waals surface area contributed by atoms with Gasteiger partial charge in [0.2, 0.25) is 0 Å². The molecule has 1 saturated heterocycles. The van der Waals surface area contributed by atoms with Gasteiger partial charge in [0, 0.05) is 25.3 Å². The summed E-state index contributed by atoms with van der Waals surface area (Å²) in [6.45, 7) is 4.76. The summed E-state index contributed by atoms with van der Waals surface area (Å²) in [4.78, 5) is 2.05. The van der Waals surface area contributed by atoms with Crippen LogP contribution in [0.5, 0.6) is 0 Å². The minimum absolute atomic E-state index is 0.00673. The smallest absolute Gasteiger partial charge is 0.376 e. The topological polar surface area (TPSA) is 35.5 Å². The van der Waals surface area contributed by atoms with Gasteiger partial charge in [0.25, 0.3) is 0 Å². The minimum atomic E-state index is -4.71. The number of benzene rings is 1. The van der Waals surface area contributed by atoms with Gasteiger partial charge < -0.3 is 15.3 Å². The van der Waals surface area contributed by atoms with Crippen LogP contribution in [0.2, 0.25) is 0 Å². The molecule has 3 nitrogen and oxygen atoms in total. The molecule has 0 amide bonds. The van der Waals surface area contributed by atoms with Crippen LogP contribution in [-0.2, 0) is 5.60 Å². The highest BCUT2D eigenvalue weighted by Gasteiger charge is 2.51. The summed E-state index contributed by atoms with van der Waals surface area (Å²) in [6, 6.07) is 5.84. The second-order valence-electron chi connectivity index (χ2n) is 5.42. The molecule has 0 spiro atoms. The average Bonchev–Trinajstić information content (AvgIpc) is 2.47. The molecule has 2 rings (SSSR count). The Morgan fingerprint density at radius 2 is 1.91 bits per heavy atom. The fourth-order valence-corrected chi connectivity index (χ4v) is 2.45. The van der Waals surface area contributed by atoms with Gasteiger partial charge in [-0.2, -0.15) is 13.2 Å². The maximum atomic E-state index is 12.8. The van der Waals surface area contributed by atoms with Gasteiger partial charge in [0.1, 0.15) is 6.04 Å². The molecule has 1 aromatic carbocycles. The molecule has 0 aromatic heterocycles. The SMILES string of the molecule is CC#CC1CNCCN1c1ccc(C(C)(O)C(F)(F)F)cc1. The number of piperazine rings is 1. The van der Waals surface area contributed by atoms with Crippen molar-refractivity contribution < 1.29 is 18.3 Å². The van der Waals surface area contributed by atoms with Gasteiger partial charge in [-0.15, -0.1) is 5.92 Å². The van der Waals surface area contributed by atoms with Crippen molar-refractivity contribution in [3.63, 3.8) is 0 Å². The zero-order valence-corrected chi connectivity index (χ0v) is 12.5. The molecule has 1 aromatic rings. The number of alkyl halides is 3.